The first kappa shape index (κ1) is 13.2. The standard InChI is InChI=1S/C13H15N3O3/c1-16(8-7-12(17)18)9-11-14-13(15-19-11)10-5-3-2-4-6-10/h2-6H,7-9H2,1H3,(H,17,18). The van der Waals surface area contributed by atoms with Gasteiger partial charge in [-0.05, 0) is 7.05 Å². The van der Waals surface area contributed by atoms with Crippen LogP contribution in [0.3, 0.4) is 0 Å². The van der Waals surface area contributed by atoms with Crippen LogP contribution in [0.15, 0.2) is 34.9 Å². The number of carbonyl (C=O) groups is 1. The molecule has 0 saturated heterocycles. The zero-order valence-electron chi connectivity index (χ0n) is 10.6. The second kappa shape index (κ2) is 6.10. The molecule has 1 N–H and O–H groups in total. The van der Waals surface area contributed by atoms with Crippen molar-refractivity contribution in [3.63, 3.8) is 0 Å². The number of benzene rings is 1. The number of hydrogen-bond acceptors (Lipinski definition) is 5. The number of carboxylic acids is 1. The third-order valence-electron chi connectivity index (χ3n) is 2.61. The molecule has 0 spiro atoms. The molecule has 0 aliphatic heterocycles. The Morgan fingerprint density at radius 3 is 2.79 bits per heavy atom. The predicted octanol–water partition coefficient (Wildman–Crippen LogP) is 1.64. The van der Waals surface area contributed by atoms with Gasteiger partial charge in [0.2, 0.25) is 11.7 Å². The van der Waals surface area contributed by atoms with Crippen LogP contribution in [0.1, 0.15) is 12.3 Å². The Balaban J connectivity index is 1.96. The van der Waals surface area contributed by atoms with Gasteiger partial charge in [0.1, 0.15) is 0 Å². The van der Waals surface area contributed by atoms with Crippen LogP contribution < -0.4 is 0 Å². The van der Waals surface area contributed by atoms with Crippen LogP contribution in [-0.4, -0.2) is 39.7 Å². The van der Waals surface area contributed by atoms with Gasteiger partial charge in [-0.1, -0.05) is 35.5 Å². The fourth-order valence-corrected chi connectivity index (χ4v) is 1.62. The van der Waals surface area contributed by atoms with Gasteiger partial charge in [0, 0.05) is 12.1 Å². The van der Waals surface area contributed by atoms with E-state index in [1.54, 1.807) is 0 Å². The van der Waals surface area contributed by atoms with Crippen molar-refractivity contribution >= 4 is 5.97 Å². The van der Waals surface area contributed by atoms with E-state index in [-0.39, 0.29) is 6.42 Å². The van der Waals surface area contributed by atoms with Crippen molar-refractivity contribution in [2.24, 2.45) is 0 Å². The first-order valence-electron chi connectivity index (χ1n) is 5.93. The summed E-state index contributed by atoms with van der Waals surface area (Å²) in [4.78, 5) is 16.6. The van der Waals surface area contributed by atoms with Gasteiger partial charge < -0.3 is 9.63 Å². The second-order valence-electron chi connectivity index (χ2n) is 4.26. The van der Waals surface area contributed by atoms with E-state index in [1.807, 2.05) is 42.3 Å². The van der Waals surface area contributed by atoms with Gasteiger partial charge in [-0.25, -0.2) is 0 Å². The molecule has 1 heterocycles. The fourth-order valence-electron chi connectivity index (χ4n) is 1.62. The van der Waals surface area contributed by atoms with E-state index >= 15 is 0 Å². The number of rotatable bonds is 6. The van der Waals surface area contributed by atoms with Crippen LogP contribution in [-0.2, 0) is 11.3 Å². The molecule has 1 aromatic carbocycles. The Bertz CT molecular complexity index is 539. The molecule has 0 amide bonds. The highest BCUT2D eigenvalue weighted by atomic mass is 16.5. The molecule has 19 heavy (non-hydrogen) atoms. The number of nitrogens with zero attached hydrogens (tertiary/aromatic N) is 3. The van der Waals surface area contributed by atoms with Gasteiger partial charge in [0.15, 0.2) is 0 Å². The summed E-state index contributed by atoms with van der Waals surface area (Å²) >= 11 is 0. The minimum absolute atomic E-state index is 0.0934. The van der Waals surface area contributed by atoms with E-state index in [4.69, 9.17) is 9.63 Å². The molecule has 1 aromatic heterocycles. The maximum Gasteiger partial charge on any atom is 0.304 e. The number of hydrogen-bond donors (Lipinski definition) is 1. The summed E-state index contributed by atoms with van der Waals surface area (Å²) in [6, 6.07) is 9.55. The summed E-state index contributed by atoms with van der Waals surface area (Å²) < 4.78 is 5.15. The SMILES string of the molecule is CN(CCC(=O)O)Cc1nc(-c2ccccc2)no1. The van der Waals surface area contributed by atoms with Gasteiger partial charge in [-0.15, -0.1) is 0 Å². The Labute approximate surface area is 110 Å². The molecular weight excluding hydrogens is 246 g/mol. The maximum atomic E-state index is 10.5. The molecule has 2 rings (SSSR count). The molecule has 0 fully saturated rings. The highest BCUT2D eigenvalue weighted by Gasteiger charge is 2.11. The lowest BCUT2D eigenvalue weighted by Crippen LogP contribution is -2.21. The van der Waals surface area contributed by atoms with Crippen molar-refractivity contribution in [3.05, 3.63) is 36.2 Å². The summed E-state index contributed by atoms with van der Waals surface area (Å²) in [5.74, 6) is 0.205. The number of aliphatic carboxylic acids is 1. The molecule has 100 valence electrons. The number of carboxylic acid groups (broad SMARTS) is 1. The highest BCUT2D eigenvalue weighted by Crippen LogP contribution is 2.15. The summed E-state index contributed by atoms with van der Waals surface area (Å²) in [6.07, 6.45) is 0.0934. The van der Waals surface area contributed by atoms with Crippen molar-refractivity contribution in [3.8, 4) is 11.4 Å². The third kappa shape index (κ3) is 3.89. The Morgan fingerprint density at radius 2 is 2.11 bits per heavy atom. The van der Waals surface area contributed by atoms with E-state index in [1.165, 1.54) is 0 Å². The van der Waals surface area contributed by atoms with Crippen LogP contribution in [0.4, 0.5) is 0 Å². The Kier molecular flexibility index (Phi) is 4.25. The normalized spacial score (nSPS) is 10.8. The maximum absolute atomic E-state index is 10.5. The lowest BCUT2D eigenvalue weighted by molar-refractivity contribution is -0.137. The first-order valence-corrected chi connectivity index (χ1v) is 5.93. The molecule has 2 aromatic rings. The zero-order valence-corrected chi connectivity index (χ0v) is 10.6. The largest absolute Gasteiger partial charge is 0.481 e. The molecule has 0 aliphatic carbocycles. The highest BCUT2D eigenvalue weighted by molar-refractivity contribution is 5.66. The minimum atomic E-state index is -0.817. The lowest BCUT2D eigenvalue weighted by atomic mass is 10.2. The van der Waals surface area contributed by atoms with Crippen LogP contribution in [0.2, 0.25) is 0 Å². The average molecular weight is 261 g/mol. The summed E-state index contributed by atoms with van der Waals surface area (Å²) in [6.45, 7) is 0.880. The first-order chi connectivity index (χ1) is 9.15. The Morgan fingerprint density at radius 1 is 1.37 bits per heavy atom. The fraction of sp³-hybridized carbons (Fsp3) is 0.308. The second-order valence-corrected chi connectivity index (χ2v) is 4.26. The quantitative estimate of drug-likeness (QED) is 0.851. The molecule has 0 aliphatic rings. The van der Waals surface area contributed by atoms with Crippen molar-refractivity contribution in [1.29, 1.82) is 0 Å². The van der Waals surface area contributed by atoms with Crippen LogP contribution in [0.5, 0.6) is 0 Å². The van der Waals surface area contributed by atoms with Crippen LogP contribution >= 0.6 is 0 Å². The summed E-state index contributed by atoms with van der Waals surface area (Å²) in [5, 5.41) is 12.5. The van der Waals surface area contributed by atoms with E-state index in [0.29, 0.717) is 24.8 Å². The van der Waals surface area contributed by atoms with Crippen molar-refractivity contribution in [2.45, 2.75) is 13.0 Å². The van der Waals surface area contributed by atoms with Gasteiger partial charge in [-0.2, -0.15) is 4.98 Å². The minimum Gasteiger partial charge on any atom is -0.481 e. The third-order valence-corrected chi connectivity index (χ3v) is 2.61. The molecule has 0 saturated carbocycles. The zero-order chi connectivity index (χ0) is 13.7. The van der Waals surface area contributed by atoms with Crippen LogP contribution in [0.25, 0.3) is 11.4 Å². The van der Waals surface area contributed by atoms with Gasteiger partial charge >= 0.3 is 5.97 Å². The van der Waals surface area contributed by atoms with E-state index in [9.17, 15) is 4.79 Å². The average Bonchev–Trinajstić information content (AvgIpc) is 2.86. The van der Waals surface area contributed by atoms with Gasteiger partial charge in [0.05, 0.1) is 13.0 Å². The topological polar surface area (TPSA) is 79.5 Å². The molecule has 0 atom stereocenters. The van der Waals surface area contributed by atoms with Gasteiger partial charge in [0.25, 0.3) is 0 Å². The Hall–Kier alpha value is -2.21. The van der Waals surface area contributed by atoms with Gasteiger partial charge in [-0.3, -0.25) is 9.69 Å². The monoisotopic (exact) mass is 261 g/mol. The van der Waals surface area contributed by atoms with E-state index < -0.39 is 5.97 Å². The van der Waals surface area contributed by atoms with E-state index in [2.05, 4.69) is 10.1 Å². The van der Waals surface area contributed by atoms with E-state index in [0.717, 1.165) is 5.56 Å². The molecule has 0 radical (unpaired) electrons. The molecule has 0 unspecified atom stereocenters. The predicted molar refractivity (Wildman–Crippen MR) is 68.3 cm³/mol. The summed E-state index contributed by atoms with van der Waals surface area (Å²) in [5.41, 5.74) is 0.894. The molecular formula is C13H15N3O3. The number of aromatic nitrogens is 2. The van der Waals surface area contributed by atoms with Crippen molar-refractivity contribution in [2.75, 3.05) is 13.6 Å². The molecule has 6 heteroatoms. The van der Waals surface area contributed by atoms with Crippen LogP contribution in [0, 0.1) is 0 Å². The van der Waals surface area contributed by atoms with Crippen molar-refractivity contribution < 1.29 is 14.4 Å². The van der Waals surface area contributed by atoms with Crippen molar-refractivity contribution in [1.82, 2.24) is 15.0 Å². The smallest absolute Gasteiger partial charge is 0.304 e. The molecule has 0 bridgehead atoms. The summed E-state index contributed by atoms with van der Waals surface area (Å²) in [7, 11) is 1.81. The molecule has 6 nitrogen and oxygen atoms in total. The lowest BCUT2D eigenvalue weighted by Gasteiger charge is -2.11.